The van der Waals surface area contributed by atoms with Crippen molar-refractivity contribution >= 4 is 11.6 Å². The Balaban J connectivity index is 1.69. The fourth-order valence-electron chi connectivity index (χ4n) is 6.75. The first-order valence-electron chi connectivity index (χ1n) is 9.00. The summed E-state index contributed by atoms with van der Waals surface area (Å²) in [5, 5.41) is 0. The molecule has 4 aliphatic carbocycles. The lowest BCUT2D eigenvalue weighted by molar-refractivity contribution is -0.154. The number of hydrogen-bond donors (Lipinski definition) is 0. The van der Waals surface area contributed by atoms with Crippen LogP contribution in [-0.4, -0.2) is 11.6 Å². The monoisotopic (exact) mass is 288 g/mol. The average Bonchev–Trinajstić information content (AvgIpc) is 2.85. The van der Waals surface area contributed by atoms with Crippen LogP contribution in [0.2, 0.25) is 0 Å². The van der Waals surface area contributed by atoms with Crippen LogP contribution >= 0.6 is 0 Å². The second-order valence-corrected chi connectivity index (χ2v) is 8.84. The molecule has 2 nitrogen and oxygen atoms in total. The maximum absolute atomic E-state index is 12.9. The summed E-state index contributed by atoms with van der Waals surface area (Å²) in [6.45, 7) is 4.66. The van der Waals surface area contributed by atoms with Gasteiger partial charge in [-0.15, -0.1) is 0 Å². The van der Waals surface area contributed by atoms with Gasteiger partial charge in [-0.2, -0.15) is 0 Å². The molecule has 0 aromatic rings. The zero-order valence-electron chi connectivity index (χ0n) is 13.5. The second kappa shape index (κ2) is 4.43. The molecule has 0 spiro atoms. The normalized spacial score (nSPS) is 53.0. The van der Waals surface area contributed by atoms with Crippen LogP contribution in [0.5, 0.6) is 0 Å². The molecule has 0 aromatic heterocycles. The van der Waals surface area contributed by atoms with Gasteiger partial charge < -0.3 is 0 Å². The van der Waals surface area contributed by atoms with Crippen LogP contribution in [0.25, 0.3) is 0 Å². The molecular formula is C19H28O2. The minimum absolute atomic E-state index is 0.00511. The van der Waals surface area contributed by atoms with Crippen molar-refractivity contribution in [3.63, 3.8) is 0 Å². The van der Waals surface area contributed by atoms with E-state index in [2.05, 4.69) is 13.8 Å². The summed E-state index contributed by atoms with van der Waals surface area (Å²) in [7, 11) is 0. The highest BCUT2D eigenvalue weighted by molar-refractivity contribution is 5.86. The van der Waals surface area contributed by atoms with Crippen molar-refractivity contribution in [3.8, 4) is 0 Å². The lowest BCUT2D eigenvalue weighted by Crippen LogP contribution is -2.55. The van der Waals surface area contributed by atoms with Crippen molar-refractivity contribution in [1.82, 2.24) is 0 Å². The van der Waals surface area contributed by atoms with Gasteiger partial charge in [0.25, 0.3) is 0 Å². The predicted octanol–water partition coefficient (Wildman–Crippen LogP) is 4.17. The van der Waals surface area contributed by atoms with Gasteiger partial charge in [-0.05, 0) is 61.2 Å². The lowest BCUT2D eigenvalue weighted by atomic mass is 9.45. The maximum Gasteiger partial charge on any atom is 0.139 e. The van der Waals surface area contributed by atoms with Crippen LogP contribution in [0.1, 0.15) is 71.6 Å². The molecule has 6 unspecified atom stereocenters. The van der Waals surface area contributed by atoms with Gasteiger partial charge in [0.1, 0.15) is 11.6 Å². The number of Topliss-reactive ketones (excluding diaryl/α,β-unsaturated/α-hetero) is 2. The molecule has 4 aliphatic rings. The van der Waals surface area contributed by atoms with E-state index in [4.69, 9.17) is 0 Å². The van der Waals surface area contributed by atoms with Crippen LogP contribution in [0.4, 0.5) is 0 Å². The van der Waals surface area contributed by atoms with Crippen molar-refractivity contribution in [1.29, 1.82) is 0 Å². The first kappa shape index (κ1) is 14.0. The van der Waals surface area contributed by atoms with E-state index in [9.17, 15) is 9.59 Å². The molecule has 0 saturated heterocycles. The summed E-state index contributed by atoms with van der Waals surface area (Å²) in [5.74, 6) is 3.52. The molecule has 4 fully saturated rings. The van der Waals surface area contributed by atoms with Gasteiger partial charge in [0.05, 0.1) is 0 Å². The quantitative estimate of drug-likeness (QED) is 0.670. The van der Waals surface area contributed by atoms with E-state index in [-0.39, 0.29) is 10.8 Å². The largest absolute Gasteiger partial charge is 0.300 e. The molecule has 2 heteroatoms. The van der Waals surface area contributed by atoms with Crippen molar-refractivity contribution in [2.45, 2.75) is 71.6 Å². The first-order chi connectivity index (χ1) is 9.95. The second-order valence-electron chi connectivity index (χ2n) is 8.84. The molecule has 0 heterocycles. The molecule has 0 aromatic carbocycles. The van der Waals surface area contributed by atoms with Gasteiger partial charge >= 0.3 is 0 Å². The standard InChI is InChI=1S/C19H28O2/c1-18-9-7-13(20)10-12(18)5-6-14-15-4-3-8-19(15,2)17(21)11-16(14)18/h12,14-16H,3-11H2,1-2H3. The third kappa shape index (κ3) is 1.77. The SMILES string of the molecule is CC12CCCC1C1CCC3CC(=O)CCC3(C)C1CC2=O. The highest BCUT2D eigenvalue weighted by Gasteiger charge is 2.60. The van der Waals surface area contributed by atoms with Gasteiger partial charge in [0, 0.05) is 24.7 Å². The summed E-state index contributed by atoms with van der Waals surface area (Å²) in [6.07, 6.45) is 9.52. The highest BCUT2D eigenvalue weighted by Crippen LogP contribution is 2.64. The van der Waals surface area contributed by atoms with Crippen LogP contribution in [0, 0.1) is 34.5 Å². The van der Waals surface area contributed by atoms with Gasteiger partial charge in [-0.25, -0.2) is 0 Å². The molecule has 6 atom stereocenters. The maximum atomic E-state index is 12.9. The summed E-state index contributed by atoms with van der Waals surface area (Å²) < 4.78 is 0. The Bertz CT molecular complexity index is 496. The van der Waals surface area contributed by atoms with E-state index in [1.54, 1.807) is 0 Å². The van der Waals surface area contributed by atoms with Crippen molar-refractivity contribution in [3.05, 3.63) is 0 Å². The molecular weight excluding hydrogens is 260 g/mol. The third-order valence-electron chi connectivity index (χ3n) is 8.15. The lowest BCUT2D eigenvalue weighted by Gasteiger charge is -2.59. The van der Waals surface area contributed by atoms with Crippen LogP contribution in [-0.2, 0) is 9.59 Å². The highest BCUT2D eigenvalue weighted by atomic mass is 16.1. The Morgan fingerprint density at radius 2 is 1.76 bits per heavy atom. The number of hydrogen-bond acceptors (Lipinski definition) is 2. The number of fused-ring (bicyclic) bond motifs is 5. The zero-order valence-corrected chi connectivity index (χ0v) is 13.5. The molecule has 0 bridgehead atoms. The van der Waals surface area contributed by atoms with Crippen molar-refractivity contribution in [2.75, 3.05) is 0 Å². The van der Waals surface area contributed by atoms with E-state index in [1.165, 1.54) is 25.7 Å². The molecule has 4 rings (SSSR count). The van der Waals surface area contributed by atoms with Crippen LogP contribution < -0.4 is 0 Å². The molecule has 4 saturated carbocycles. The van der Waals surface area contributed by atoms with Gasteiger partial charge in [-0.3, -0.25) is 9.59 Å². The fraction of sp³-hybridized carbons (Fsp3) is 0.895. The van der Waals surface area contributed by atoms with E-state index in [1.807, 2.05) is 0 Å². The van der Waals surface area contributed by atoms with E-state index in [0.29, 0.717) is 29.3 Å². The van der Waals surface area contributed by atoms with Gasteiger partial charge in [0.2, 0.25) is 0 Å². The first-order valence-corrected chi connectivity index (χ1v) is 9.00. The number of carbonyl (C=O) groups is 2. The van der Waals surface area contributed by atoms with Gasteiger partial charge in [0.15, 0.2) is 0 Å². The zero-order chi connectivity index (χ0) is 14.8. The van der Waals surface area contributed by atoms with E-state index < -0.39 is 0 Å². The predicted molar refractivity (Wildman–Crippen MR) is 81.7 cm³/mol. The summed E-state index contributed by atoms with van der Waals surface area (Å²) >= 11 is 0. The summed E-state index contributed by atoms with van der Waals surface area (Å²) in [6, 6.07) is 0. The van der Waals surface area contributed by atoms with E-state index >= 15 is 0 Å². The third-order valence-corrected chi connectivity index (χ3v) is 8.15. The molecule has 21 heavy (non-hydrogen) atoms. The summed E-state index contributed by atoms with van der Waals surface area (Å²) in [5.41, 5.74) is 0.255. The molecule has 0 N–H and O–H groups in total. The molecule has 0 aliphatic heterocycles. The van der Waals surface area contributed by atoms with Crippen molar-refractivity contribution in [2.24, 2.45) is 34.5 Å². The minimum atomic E-state index is -0.00511. The average molecular weight is 288 g/mol. The molecule has 116 valence electrons. The van der Waals surface area contributed by atoms with Crippen LogP contribution in [0.15, 0.2) is 0 Å². The smallest absolute Gasteiger partial charge is 0.139 e. The fourth-order valence-corrected chi connectivity index (χ4v) is 6.75. The van der Waals surface area contributed by atoms with Crippen molar-refractivity contribution < 1.29 is 9.59 Å². The Labute approximate surface area is 128 Å². The van der Waals surface area contributed by atoms with E-state index in [0.717, 1.165) is 38.0 Å². The Morgan fingerprint density at radius 3 is 2.57 bits per heavy atom. The Morgan fingerprint density at radius 1 is 0.952 bits per heavy atom. The Hall–Kier alpha value is -0.660. The molecule has 0 radical (unpaired) electrons. The number of rotatable bonds is 0. The molecule has 0 amide bonds. The Kier molecular flexibility index (Phi) is 2.94. The number of carbonyl (C=O) groups excluding carboxylic acids is 2. The number of ketones is 2. The summed E-state index contributed by atoms with van der Waals surface area (Å²) in [4.78, 5) is 24.7. The van der Waals surface area contributed by atoms with Crippen LogP contribution in [0.3, 0.4) is 0 Å². The minimum Gasteiger partial charge on any atom is -0.300 e. The van der Waals surface area contributed by atoms with Gasteiger partial charge in [-0.1, -0.05) is 20.3 Å². The topological polar surface area (TPSA) is 34.1 Å².